The Balaban J connectivity index is 1.63. The van der Waals surface area contributed by atoms with Gasteiger partial charge in [-0.25, -0.2) is 0 Å². The number of para-hydroxylation sites is 1. The Labute approximate surface area is 214 Å². The number of nitrogens with zero attached hydrogens (tertiary/aromatic N) is 3. The van der Waals surface area contributed by atoms with E-state index in [1.54, 1.807) is 0 Å². The summed E-state index contributed by atoms with van der Waals surface area (Å²) in [6.07, 6.45) is 2.61. The van der Waals surface area contributed by atoms with Gasteiger partial charge in [0.05, 0.1) is 25.4 Å². The van der Waals surface area contributed by atoms with Crippen LogP contribution >= 0.6 is 0 Å². The molecule has 6 heteroatoms. The molecule has 3 aromatic rings. The van der Waals surface area contributed by atoms with Gasteiger partial charge in [0.2, 0.25) is 0 Å². The molecule has 1 amide bonds. The summed E-state index contributed by atoms with van der Waals surface area (Å²) in [5.41, 5.74) is 4.76. The summed E-state index contributed by atoms with van der Waals surface area (Å²) in [5, 5.41) is 11.2. The lowest BCUT2D eigenvalue weighted by Gasteiger charge is -2.35. The van der Waals surface area contributed by atoms with E-state index in [2.05, 4.69) is 43.1 Å². The summed E-state index contributed by atoms with van der Waals surface area (Å²) in [7, 11) is 4.15. The minimum Gasteiger partial charge on any atom is -0.394 e. The molecule has 0 unspecified atom stereocenters. The molecule has 0 bridgehead atoms. The second kappa shape index (κ2) is 10.4. The van der Waals surface area contributed by atoms with Gasteiger partial charge in [0.15, 0.2) is 0 Å². The zero-order valence-electron chi connectivity index (χ0n) is 22.0. The number of carbonyl (C=O) groups excluding carboxylic acids is 1. The molecule has 1 saturated carbocycles. The van der Waals surface area contributed by atoms with Crippen LogP contribution in [0.3, 0.4) is 0 Å². The van der Waals surface area contributed by atoms with E-state index in [1.165, 1.54) is 12.8 Å². The number of fused-ring (bicyclic) bond motifs is 5. The third-order valence-corrected chi connectivity index (χ3v) is 7.98. The van der Waals surface area contributed by atoms with Gasteiger partial charge < -0.3 is 24.2 Å². The molecule has 1 N–H and O–H groups in total. The van der Waals surface area contributed by atoms with E-state index in [-0.39, 0.29) is 30.6 Å². The van der Waals surface area contributed by atoms with E-state index >= 15 is 0 Å². The van der Waals surface area contributed by atoms with Crippen LogP contribution in [0.25, 0.3) is 22.0 Å². The number of aromatic nitrogens is 1. The van der Waals surface area contributed by atoms with Gasteiger partial charge >= 0.3 is 0 Å². The Morgan fingerprint density at radius 1 is 1.11 bits per heavy atom. The smallest absolute Gasteiger partial charge is 0.271 e. The van der Waals surface area contributed by atoms with Crippen molar-refractivity contribution >= 4 is 16.8 Å². The standard InChI is InChI=1S/C30H39N3O3/c1-20-15-33(21(2)18-34)30(35)29-28(25-11-7-8-12-26(25)32(29)4)24-10-6-5-9-23(24)19-36-27(20)17-31(3)16-22-13-14-22/h5-12,20-22,27,34H,13-19H2,1-4H3/t20-,21+,27-/m1/s1. The third kappa shape index (κ3) is 4.82. The molecule has 36 heavy (non-hydrogen) atoms. The first kappa shape index (κ1) is 25.0. The number of benzene rings is 2. The number of ether oxygens (including phenoxy) is 1. The van der Waals surface area contributed by atoms with Crippen LogP contribution < -0.4 is 0 Å². The first-order chi connectivity index (χ1) is 17.4. The largest absolute Gasteiger partial charge is 0.394 e. The van der Waals surface area contributed by atoms with E-state index in [4.69, 9.17) is 4.74 Å². The fraction of sp³-hybridized carbons (Fsp3) is 0.500. The number of likely N-dealkylation sites (N-methyl/N-ethyl adjacent to an activating group) is 1. The van der Waals surface area contributed by atoms with Crippen LogP contribution in [0, 0.1) is 11.8 Å². The molecule has 1 aromatic heterocycles. The Morgan fingerprint density at radius 3 is 2.58 bits per heavy atom. The molecule has 3 atom stereocenters. The summed E-state index contributed by atoms with van der Waals surface area (Å²) in [6, 6.07) is 16.2. The van der Waals surface area contributed by atoms with Crippen molar-refractivity contribution < 1.29 is 14.6 Å². The lowest BCUT2D eigenvalue weighted by Crippen LogP contribution is -2.47. The molecular weight excluding hydrogens is 450 g/mol. The van der Waals surface area contributed by atoms with Gasteiger partial charge in [0, 0.05) is 49.1 Å². The van der Waals surface area contributed by atoms with Crippen LogP contribution in [0.1, 0.15) is 42.7 Å². The number of amides is 1. The minimum absolute atomic E-state index is 0.0269. The zero-order valence-corrected chi connectivity index (χ0v) is 22.0. The average molecular weight is 490 g/mol. The first-order valence-corrected chi connectivity index (χ1v) is 13.3. The Bertz CT molecular complexity index is 1230. The second-order valence-corrected chi connectivity index (χ2v) is 10.9. The van der Waals surface area contributed by atoms with E-state index in [0.717, 1.165) is 46.6 Å². The number of hydrogen-bond acceptors (Lipinski definition) is 4. The fourth-order valence-corrected chi connectivity index (χ4v) is 5.65. The van der Waals surface area contributed by atoms with E-state index < -0.39 is 0 Å². The maximum absolute atomic E-state index is 14.3. The SMILES string of the molecule is C[C@@H]1CN([C@@H](C)CO)C(=O)c2c(c3ccccc3n2C)-c2ccccc2CO[C@@H]1CN(C)CC1CC1. The number of rotatable bonds is 6. The van der Waals surface area contributed by atoms with Gasteiger partial charge in [-0.3, -0.25) is 4.79 Å². The number of aliphatic hydroxyl groups is 1. The van der Waals surface area contributed by atoms with Gasteiger partial charge in [-0.15, -0.1) is 0 Å². The van der Waals surface area contributed by atoms with Gasteiger partial charge in [-0.2, -0.15) is 0 Å². The number of aliphatic hydroxyl groups excluding tert-OH is 1. The van der Waals surface area contributed by atoms with Crippen LogP contribution in [-0.4, -0.2) is 70.8 Å². The molecule has 6 nitrogen and oxygen atoms in total. The van der Waals surface area contributed by atoms with Gasteiger partial charge in [-0.1, -0.05) is 49.4 Å². The second-order valence-electron chi connectivity index (χ2n) is 10.9. The van der Waals surface area contributed by atoms with Crippen molar-refractivity contribution in [1.29, 1.82) is 0 Å². The summed E-state index contributed by atoms with van der Waals surface area (Å²) < 4.78 is 8.69. The first-order valence-electron chi connectivity index (χ1n) is 13.3. The normalized spacial score (nSPS) is 21.8. The third-order valence-electron chi connectivity index (χ3n) is 7.98. The molecule has 0 radical (unpaired) electrons. The number of carbonyl (C=O) groups is 1. The maximum Gasteiger partial charge on any atom is 0.271 e. The predicted molar refractivity (Wildman–Crippen MR) is 144 cm³/mol. The Morgan fingerprint density at radius 2 is 1.83 bits per heavy atom. The molecule has 2 aromatic carbocycles. The Hall–Kier alpha value is -2.67. The lowest BCUT2D eigenvalue weighted by molar-refractivity contribution is -0.0236. The van der Waals surface area contributed by atoms with Gasteiger partial charge in [-0.05, 0) is 49.9 Å². The van der Waals surface area contributed by atoms with Crippen molar-refractivity contribution in [1.82, 2.24) is 14.4 Å². The fourth-order valence-electron chi connectivity index (χ4n) is 5.65. The lowest BCUT2D eigenvalue weighted by atomic mass is 9.96. The number of hydrogen-bond donors (Lipinski definition) is 1. The summed E-state index contributed by atoms with van der Waals surface area (Å²) >= 11 is 0. The molecule has 192 valence electrons. The molecule has 2 aliphatic rings. The molecule has 0 saturated heterocycles. The predicted octanol–water partition coefficient (Wildman–Crippen LogP) is 4.55. The van der Waals surface area contributed by atoms with Gasteiger partial charge in [0.1, 0.15) is 5.69 Å². The molecular formula is C30H39N3O3. The van der Waals surface area contributed by atoms with Crippen LogP contribution in [0.5, 0.6) is 0 Å². The minimum atomic E-state index is -0.299. The van der Waals surface area contributed by atoms with Crippen molar-refractivity contribution in [2.24, 2.45) is 18.9 Å². The van der Waals surface area contributed by atoms with Crippen LogP contribution in [0.4, 0.5) is 0 Å². The average Bonchev–Trinajstić information content (AvgIpc) is 3.65. The van der Waals surface area contributed by atoms with Gasteiger partial charge in [0.25, 0.3) is 5.91 Å². The summed E-state index contributed by atoms with van der Waals surface area (Å²) in [6.45, 7) is 6.96. The van der Waals surface area contributed by atoms with Crippen molar-refractivity contribution in [2.75, 3.05) is 33.3 Å². The molecule has 1 aliphatic heterocycles. The Kier molecular flexibility index (Phi) is 7.20. The van der Waals surface area contributed by atoms with Crippen LogP contribution in [0.2, 0.25) is 0 Å². The van der Waals surface area contributed by atoms with Crippen molar-refractivity contribution in [3.63, 3.8) is 0 Å². The molecule has 1 fully saturated rings. The van der Waals surface area contributed by atoms with E-state index in [9.17, 15) is 9.90 Å². The maximum atomic E-state index is 14.3. The molecule has 2 heterocycles. The highest BCUT2D eigenvalue weighted by atomic mass is 16.5. The highest BCUT2D eigenvalue weighted by Gasteiger charge is 2.34. The van der Waals surface area contributed by atoms with E-state index in [0.29, 0.717) is 18.8 Å². The monoisotopic (exact) mass is 489 g/mol. The highest BCUT2D eigenvalue weighted by molar-refractivity contribution is 6.10. The topological polar surface area (TPSA) is 57.9 Å². The van der Waals surface area contributed by atoms with E-state index in [1.807, 2.05) is 47.7 Å². The number of aryl methyl sites for hydroxylation is 1. The molecule has 0 spiro atoms. The molecule has 1 aliphatic carbocycles. The summed E-state index contributed by atoms with van der Waals surface area (Å²) in [5.74, 6) is 0.871. The molecule has 5 rings (SSSR count). The zero-order chi connectivity index (χ0) is 25.4. The van der Waals surface area contributed by atoms with Crippen molar-refractivity contribution in [3.05, 3.63) is 59.8 Å². The quantitative estimate of drug-likeness (QED) is 0.552. The summed E-state index contributed by atoms with van der Waals surface area (Å²) in [4.78, 5) is 18.6. The highest BCUT2D eigenvalue weighted by Crippen LogP contribution is 2.38. The van der Waals surface area contributed by atoms with Crippen LogP contribution in [-0.2, 0) is 18.4 Å². The van der Waals surface area contributed by atoms with Crippen molar-refractivity contribution in [2.45, 2.75) is 45.4 Å². The van der Waals surface area contributed by atoms with Crippen molar-refractivity contribution in [3.8, 4) is 11.1 Å². The van der Waals surface area contributed by atoms with Crippen LogP contribution in [0.15, 0.2) is 48.5 Å².